The first kappa shape index (κ1) is 19.7. The standard InChI is InChI=1S/C19H21NO5S/c1-14-4-6-15(7-5-14)12-19(22)25-13-18(21)16-8-10-17(11-9-16)20(2)26(3,23)24/h4-11H,12-13H2,1-3H3. The molecule has 26 heavy (non-hydrogen) atoms. The van der Waals surface area contributed by atoms with Gasteiger partial charge in [0.1, 0.15) is 0 Å². The Morgan fingerprint density at radius 3 is 2.12 bits per heavy atom. The monoisotopic (exact) mass is 375 g/mol. The zero-order chi connectivity index (χ0) is 19.3. The van der Waals surface area contributed by atoms with Gasteiger partial charge in [-0.25, -0.2) is 8.42 Å². The first-order valence-corrected chi connectivity index (χ1v) is 9.80. The minimum Gasteiger partial charge on any atom is -0.457 e. The Labute approximate surface area is 153 Å². The molecule has 0 aromatic heterocycles. The average Bonchev–Trinajstić information content (AvgIpc) is 2.60. The summed E-state index contributed by atoms with van der Waals surface area (Å²) in [6.45, 7) is 1.60. The molecule has 0 bridgehead atoms. The van der Waals surface area contributed by atoms with Crippen molar-refractivity contribution in [1.29, 1.82) is 0 Å². The van der Waals surface area contributed by atoms with Gasteiger partial charge in [0.25, 0.3) is 0 Å². The lowest BCUT2D eigenvalue weighted by Crippen LogP contribution is -2.24. The summed E-state index contributed by atoms with van der Waals surface area (Å²) in [5, 5.41) is 0. The Balaban J connectivity index is 1.91. The normalized spacial score (nSPS) is 11.0. The topological polar surface area (TPSA) is 80.8 Å². The predicted molar refractivity (Wildman–Crippen MR) is 99.9 cm³/mol. The summed E-state index contributed by atoms with van der Waals surface area (Å²) in [5.74, 6) is -0.827. The van der Waals surface area contributed by atoms with Crippen LogP contribution in [0.1, 0.15) is 21.5 Å². The molecule has 0 N–H and O–H groups in total. The molecule has 0 fully saturated rings. The molecule has 7 heteroatoms. The Kier molecular flexibility index (Phi) is 6.15. The van der Waals surface area contributed by atoms with E-state index in [-0.39, 0.29) is 18.8 Å². The molecule has 0 radical (unpaired) electrons. The van der Waals surface area contributed by atoms with E-state index in [0.717, 1.165) is 21.7 Å². The molecular weight excluding hydrogens is 354 g/mol. The molecule has 0 saturated carbocycles. The number of Topliss-reactive ketones (excluding diaryl/α,β-unsaturated/α-hetero) is 1. The highest BCUT2D eigenvalue weighted by Crippen LogP contribution is 2.16. The van der Waals surface area contributed by atoms with Gasteiger partial charge in [0.2, 0.25) is 10.0 Å². The van der Waals surface area contributed by atoms with Crippen molar-refractivity contribution >= 4 is 27.5 Å². The number of esters is 1. The van der Waals surface area contributed by atoms with Gasteiger partial charge in [-0.15, -0.1) is 0 Å². The van der Waals surface area contributed by atoms with E-state index in [1.54, 1.807) is 0 Å². The van der Waals surface area contributed by atoms with Crippen molar-refractivity contribution in [3.63, 3.8) is 0 Å². The lowest BCUT2D eigenvalue weighted by molar-refractivity contribution is -0.141. The maximum absolute atomic E-state index is 12.1. The first-order valence-electron chi connectivity index (χ1n) is 7.95. The van der Waals surface area contributed by atoms with Crippen LogP contribution in [0.5, 0.6) is 0 Å². The number of ketones is 1. The van der Waals surface area contributed by atoms with Gasteiger partial charge < -0.3 is 4.74 Å². The van der Waals surface area contributed by atoms with E-state index >= 15 is 0 Å². The molecular formula is C19H21NO5S. The van der Waals surface area contributed by atoms with Crippen molar-refractivity contribution < 1.29 is 22.7 Å². The first-order chi connectivity index (χ1) is 12.2. The van der Waals surface area contributed by atoms with Crippen LogP contribution in [0.3, 0.4) is 0 Å². The number of carbonyl (C=O) groups is 2. The Bertz CT molecular complexity index is 887. The number of anilines is 1. The highest BCUT2D eigenvalue weighted by atomic mass is 32.2. The molecule has 0 spiro atoms. The van der Waals surface area contributed by atoms with Crippen LogP contribution in [0, 0.1) is 6.92 Å². The highest BCUT2D eigenvalue weighted by Gasteiger charge is 2.14. The van der Waals surface area contributed by atoms with Crippen molar-refractivity contribution in [2.45, 2.75) is 13.3 Å². The number of benzene rings is 2. The van der Waals surface area contributed by atoms with E-state index in [2.05, 4.69) is 0 Å². The summed E-state index contributed by atoms with van der Waals surface area (Å²) >= 11 is 0. The molecule has 0 aliphatic rings. The van der Waals surface area contributed by atoms with Crippen LogP contribution in [-0.2, 0) is 26.0 Å². The summed E-state index contributed by atoms with van der Waals surface area (Å²) in [4.78, 5) is 24.0. The molecule has 2 rings (SSSR count). The molecule has 2 aromatic carbocycles. The van der Waals surface area contributed by atoms with Gasteiger partial charge >= 0.3 is 5.97 Å². The summed E-state index contributed by atoms with van der Waals surface area (Å²) in [5.41, 5.74) is 2.71. The second kappa shape index (κ2) is 8.14. The smallest absolute Gasteiger partial charge is 0.310 e. The molecule has 0 atom stereocenters. The Morgan fingerprint density at radius 2 is 1.58 bits per heavy atom. The summed E-state index contributed by atoms with van der Waals surface area (Å²) in [6.07, 6.45) is 1.20. The number of sulfonamides is 1. The molecule has 6 nitrogen and oxygen atoms in total. The van der Waals surface area contributed by atoms with Crippen LogP contribution in [0.4, 0.5) is 5.69 Å². The number of nitrogens with zero attached hydrogens (tertiary/aromatic N) is 1. The maximum Gasteiger partial charge on any atom is 0.310 e. The van der Waals surface area contributed by atoms with Crippen LogP contribution in [0.15, 0.2) is 48.5 Å². The molecule has 2 aromatic rings. The summed E-state index contributed by atoms with van der Waals surface area (Å²) < 4.78 is 29.1. The SMILES string of the molecule is Cc1ccc(CC(=O)OCC(=O)c2ccc(N(C)S(C)(=O)=O)cc2)cc1. The van der Waals surface area contributed by atoms with E-state index in [0.29, 0.717) is 11.3 Å². The second-order valence-electron chi connectivity index (χ2n) is 6.02. The van der Waals surface area contributed by atoms with Crippen LogP contribution in [-0.4, -0.2) is 40.1 Å². The molecule has 138 valence electrons. The third-order valence-corrected chi connectivity index (χ3v) is 5.09. The predicted octanol–water partition coefficient (Wildman–Crippen LogP) is 2.36. The lowest BCUT2D eigenvalue weighted by Gasteiger charge is -2.16. The Hall–Kier alpha value is -2.67. The fourth-order valence-electron chi connectivity index (χ4n) is 2.20. The molecule has 0 amide bonds. The van der Waals surface area contributed by atoms with Gasteiger partial charge in [0.15, 0.2) is 12.4 Å². The van der Waals surface area contributed by atoms with Crippen molar-refractivity contribution in [3.05, 3.63) is 65.2 Å². The van der Waals surface area contributed by atoms with Gasteiger partial charge in [-0.3, -0.25) is 13.9 Å². The molecule has 0 heterocycles. The second-order valence-corrected chi connectivity index (χ2v) is 8.04. The maximum atomic E-state index is 12.1. The van der Waals surface area contributed by atoms with E-state index in [1.165, 1.54) is 31.3 Å². The summed E-state index contributed by atoms with van der Waals surface area (Å²) in [7, 11) is -1.93. The number of rotatable bonds is 7. The van der Waals surface area contributed by atoms with Gasteiger partial charge in [0, 0.05) is 12.6 Å². The zero-order valence-corrected chi connectivity index (χ0v) is 15.7. The van der Waals surface area contributed by atoms with Crippen LogP contribution in [0.2, 0.25) is 0 Å². The zero-order valence-electron chi connectivity index (χ0n) is 14.9. The number of hydrogen-bond donors (Lipinski definition) is 0. The van der Waals surface area contributed by atoms with E-state index in [1.807, 2.05) is 31.2 Å². The van der Waals surface area contributed by atoms with Crippen molar-refractivity contribution in [2.75, 3.05) is 24.2 Å². The third kappa shape index (κ3) is 5.42. The number of carbonyl (C=O) groups excluding carboxylic acids is 2. The minimum atomic E-state index is -3.36. The van der Waals surface area contributed by atoms with Crippen molar-refractivity contribution in [2.24, 2.45) is 0 Å². The van der Waals surface area contributed by atoms with Gasteiger partial charge in [-0.1, -0.05) is 29.8 Å². The van der Waals surface area contributed by atoms with Crippen LogP contribution in [0.25, 0.3) is 0 Å². The number of hydrogen-bond acceptors (Lipinski definition) is 5. The van der Waals surface area contributed by atoms with Crippen molar-refractivity contribution in [3.8, 4) is 0 Å². The molecule has 0 aliphatic heterocycles. The largest absolute Gasteiger partial charge is 0.457 e. The van der Waals surface area contributed by atoms with Gasteiger partial charge in [-0.2, -0.15) is 0 Å². The van der Waals surface area contributed by atoms with Gasteiger partial charge in [0.05, 0.1) is 18.4 Å². The van der Waals surface area contributed by atoms with E-state index in [9.17, 15) is 18.0 Å². The third-order valence-electron chi connectivity index (χ3n) is 3.88. The minimum absolute atomic E-state index is 0.103. The quantitative estimate of drug-likeness (QED) is 0.548. The molecule has 0 aliphatic carbocycles. The number of aryl methyl sites for hydroxylation is 1. The van der Waals surface area contributed by atoms with Crippen LogP contribution < -0.4 is 4.31 Å². The van der Waals surface area contributed by atoms with Gasteiger partial charge in [-0.05, 0) is 36.8 Å². The van der Waals surface area contributed by atoms with E-state index in [4.69, 9.17) is 4.74 Å². The van der Waals surface area contributed by atoms with Crippen molar-refractivity contribution in [1.82, 2.24) is 0 Å². The number of ether oxygens (including phenoxy) is 1. The lowest BCUT2D eigenvalue weighted by atomic mass is 10.1. The average molecular weight is 375 g/mol. The van der Waals surface area contributed by atoms with Crippen LogP contribution >= 0.6 is 0 Å². The summed E-state index contributed by atoms with van der Waals surface area (Å²) in [6, 6.07) is 13.6. The Morgan fingerprint density at radius 1 is 1.00 bits per heavy atom. The molecule has 0 saturated heterocycles. The molecule has 0 unspecified atom stereocenters. The fourth-order valence-corrected chi connectivity index (χ4v) is 2.71. The highest BCUT2D eigenvalue weighted by molar-refractivity contribution is 7.92. The fraction of sp³-hybridized carbons (Fsp3) is 0.263. The van der Waals surface area contributed by atoms with E-state index < -0.39 is 16.0 Å².